The van der Waals surface area contributed by atoms with Crippen molar-refractivity contribution in [1.29, 1.82) is 0 Å². The van der Waals surface area contributed by atoms with E-state index < -0.39 is 6.10 Å². The molecule has 0 bridgehead atoms. The Labute approximate surface area is 143 Å². The van der Waals surface area contributed by atoms with E-state index in [0.29, 0.717) is 19.0 Å². The molecule has 0 aliphatic rings. The highest BCUT2D eigenvalue weighted by Crippen LogP contribution is 2.20. The Morgan fingerprint density at radius 3 is 2.87 bits per heavy atom. The molecule has 2 heterocycles. The molecule has 0 saturated heterocycles. The SMILES string of the molecule is OC(COCc1cccs1)CSc1nncn1-c1ccccc1. The largest absolute Gasteiger partial charge is 0.390 e. The van der Waals surface area contributed by atoms with Gasteiger partial charge in [-0.15, -0.1) is 21.5 Å². The molecule has 23 heavy (non-hydrogen) atoms. The van der Waals surface area contributed by atoms with E-state index in [0.717, 1.165) is 15.7 Å². The smallest absolute Gasteiger partial charge is 0.195 e. The standard InChI is InChI=1S/C16H17N3O2S2/c20-14(9-21-10-15-7-4-8-22-15)11-23-16-18-17-12-19(16)13-5-2-1-3-6-13/h1-8,12,14,20H,9-11H2. The van der Waals surface area contributed by atoms with E-state index in [1.807, 2.05) is 52.4 Å². The van der Waals surface area contributed by atoms with Gasteiger partial charge in [-0.3, -0.25) is 4.57 Å². The van der Waals surface area contributed by atoms with Crippen molar-refractivity contribution >= 4 is 23.1 Å². The second-order valence-corrected chi connectivity index (χ2v) is 6.90. The molecule has 0 aliphatic heterocycles. The van der Waals surface area contributed by atoms with Gasteiger partial charge in [0.2, 0.25) is 0 Å². The van der Waals surface area contributed by atoms with Crippen LogP contribution in [0.2, 0.25) is 0 Å². The van der Waals surface area contributed by atoms with Crippen LogP contribution in [0.5, 0.6) is 0 Å². The molecule has 1 N–H and O–H groups in total. The van der Waals surface area contributed by atoms with Gasteiger partial charge in [0.25, 0.3) is 0 Å². The average molecular weight is 347 g/mol. The summed E-state index contributed by atoms with van der Waals surface area (Å²) in [4.78, 5) is 1.16. The Hall–Kier alpha value is -1.67. The third kappa shape index (κ3) is 4.65. The van der Waals surface area contributed by atoms with Crippen LogP contribution in [0.25, 0.3) is 5.69 Å². The number of benzene rings is 1. The van der Waals surface area contributed by atoms with Gasteiger partial charge in [-0.25, -0.2) is 0 Å². The third-order valence-electron chi connectivity index (χ3n) is 3.09. The van der Waals surface area contributed by atoms with Crippen LogP contribution in [-0.4, -0.2) is 38.3 Å². The number of para-hydroxylation sites is 1. The number of aromatic nitrogens is 3. The zero-order valence-corrected chi connectivity index (χ0v) is 14.0. The molecule has 3 rings (SSSR count). The van der Waals surface area contributed by atoms with Gasteiger partial charge in [-0.2, -0.15) is 0 Å². The lowest BCUT2D eigenvalue weighted by atomic mass is 10.3. The van der Waals surface area contributed by atoms with Crippen LogP contribution in [0.4, 0.5) is 0 Å². The number of hydrogen-bond acceptors (Lipinski definition) is 6. The molecule has 1 unspecified atom stereocenters. The number of ether oxygens (including phenoxy) is 1. The number of aliphatic hydroxyl groups is 1. The molecule has 0 saturated carbocycles. The van der Waals surface area contributed by atoms with Crippen LogP contribution in [0, 0.1) is 0 Å². The van der Waals surface area contributed by atoms with Crippen molar-refractivity contribution in [3.63, 3.8) is 0 Å². The second kappa shape index (κ2) is 8.26. The monoisotopic (exact) mass is 347 g/mol. The number of aliphatic hydroxyl groups excluding tert-OH is 1. The first-order valence-electron chi connectivity index (χ1n) is 7.19. The Morgan fingerprint density at radius 2 is 2.09 bits per heavy atom. The molecule has 0 fully saturated rings. The zero-order chi connectivity index (χ0) is 15.9. The number of rotatable bonds is 8. The fraction of sp³-hybridized carbons (Fsp3) is 0.250. The first-order valence-corrected chi connectivity index (χ1v) is 9.06. The predicted molar refractivity (Wildman–Crippen MR) is 92.1 cm³/mol. The van der Waals surface area contributed by atoms with Crippen molar-refractivity contribution in [1.82, 2.24) is 14.8 Å². The van der Waals surface area contributed by atoms with Crippen LogP contribution >= 0.6 is 23.1 Å². The molecule has 5 nitrogen and oxygen atoms in total. The summed E-state index contributed by atoms with van der Waals surface area (Å²) in [6.45, 7) is 0.851. The van der Waals surface area contributed by atoms with Crippen molar-refractivity contribution in [2.75, 3.05) is 12.4 Å². The number of hydrogen-bond donors (Lipinski definition) is 1. The highest BCUT2D eigenvalue weighted by molar-refractivity contribution is 7.99. The molecule has 1 atom stereocenters. The highest BCUT2D eigenvalue weighted by Gasteiger charge is 2.11. The van der Waals surface area contributed by atoms with E-state index >= 15 is 0 Å². The van der Waals surface area contributed by atoms with Gasteiger partial charge in [-0.1, -0.05) is 36.0 Å². The Kier molecular flexibility index (Phi) is 5.82. The molecule has 0 spiro atoms. The van der Waals surface area contributed by atoms with Gasteiger partial charge in [0.15, 0.2) is 5.16 Å². The minimum atomic E-state index is -0.541. The fourth-order valence-corrected chi connectivity index (χ4v) is 3.47. The van der Waals surface area contributed by atoms with Gasteiger partial charge in [0, 0.05) is 16.3 Å². The van der Waals surface area contributed by atoms with Gasteiger partial charge in [0.05, 0.1) is 19.3 Å². The molecule has 1 aromatic carbocycles. The van der Waals surface area contributed by atoms with E-state index in [-0.39, 0.29) is 0 Å². The van der Waals surface area contributed by atoms with Gasteiger partial charge in [0.1, 0.15) is 6.33 Å². The molecule has 120 valence electrons. The van der Waals surface area contributed by atoms with Crippen molar-refractivity contribution in [3.8, 4) is 5.69 Å². The number of nitrogens with zero attached hydrogens (tertiary/aromatic N) is 3. The van der Waals surface area contributed by atoms with E-state index in [9.17, 15) is 5.11 Å². The predicted octanol–water partition coefficient (Wildman–Crippen LogP) is 3.00. The molecular formula is C16H17N3O2S2. The summed E-state index contributed by atoms with van der Waals surface area (Å²) < 4.78 is 7.44. The van der Waals surface area contributed by atoms with E-state index in [1.165, 1.54) is 11.8 Å². The summed E-state index contributed by atoms with van der Waals surface area (Å²) in [5.74, 6) is 0.510. The first-order chi connectivity index (χ1) is 11.3. The topological polar surface area (TPSA) is 60.2 Å². The molecule has 0 amide bonds. The summed E-state index contributed by atoms with van der Waals surface area (Å²) in [6.07, 6.45) is 1.14. The molecule has 0 aliphatic carbocycles. The zero-order valence-electron chi connectivity index (χ0n) is 12.4. The van der Waals surface area contributed by atoms with Crippen LogP contribution in [0.15, 0.2) is 59.3 Å². The van der Waals surface area contributed by atoms with Gasteiger partial charge in [-0.05, 0) is 23.6 Å². The maximum atomic E-state index is 10.0. The van der Waals surface area contributed by atoms with Crippen molar-refractivity contribution in [2.24, 2.45) is 0 Å². The summed E-state index contributed by atoms with van der Waals surface area (Å²) in [6, 6.07) is 13.9. The molecular weight excluding hydrogens is 330 g/mol. The van der Waals surface area contributed by atoms with Crippen molar-refractivity contribution in [2.45, 2.75) is 17.9 Å². The minimum Gasteiger partial charge on any atom is -0.390 e. The Balaban J connectivity index is 1.48. The highest BCUT2D eigenvalue weighted by atomic mass is 32.2. The lowest BCUT2D eigenvalue weighted by molar-refractivity contribution is 0.0409. The summed E-state index contributed by atoms with van der Waals surface area (Å²) >= 11 is 3.12. The molecule has 3 aromatic rings. The maximum Gasteiger partial charge on any atom is 0.195 e. The van der Waals surface area contributed by atoms with Gasteiger partial charge < -0.3 is 9.84 Å². The molecule has 0 radical (unpaired) electrons. The summed E-state index contributed by atoms with van der Waals surface area (Å²) in [7, 11) is 0. The van der Waals surface area contributed by atoms with Gasteiger partial charge >= 0.3 is 0 Å². The molecule has 7 heteroatoms. The maximum absolute atomic E-state index is 10.0. The van der Waals surface area contributed by atoms with Crippen LogP contribution in [0.1, 0.15) is 4.88 Å². The lowest BCUT2D eigenvalue weighted by Crippen LogP contribution is -2.18. The van der Waals surface area contributed by atoms with Crippen molar-refractivity contribution in [3.05, 3.63) is 59.0 Å². The fourth-order valence-electron chi connectivity index (χ4n) is 2.00. The first kappa shape index (κ1) is 16.2. The number of thiophene rings is 1. The van der Waals surface area contributed by atoms with E-state index in [4.69, 9.17) is 4.74 Å². The van der Waals surface area contributed by atoms with E-state index in [2.05, 4.69) is 10.2 Å². The number of thioether (sulfide) groups is 1. The Morgan fingerprint density at radius 1 is 1.22 bits per heavy atom. The summed E-state index contributed by atoms with van der Waals surface area (Å²) in [5, 5.41) is 20.9. The summed E-state index contributed by atoms with van der Waals surface area (Å²) in [5.41, 5.74) is 1.00. The van der Waals surface area contributed by atoms with Crippen LogP contribution < -0.4 is 0 Å². The van der Waals surface area contributed by atoms with Crippen LogP contribution in [-0.2, 0) is 11.3 Å². The molecule has 2 aromatic heterocycles. The van der Waals surface area contributed by atoms with Crippen molar-refractivity contribution < 1.29 is 9.84 Å². The quantitative estimate of drug-likeness (QED) is 0.635. The third-order valence-corrected chi connectivity index (χ3v) is 5.03. The average Bonchev–Trinajstić information content (AvgIpc) is 3.25. The lowest BCUT2D eigenvalue weighted by Gasteiger charge is -2.11. The van der Waals surface area contributed by atoms with Crippen LogP contribution in [0.3, 0.4) is 0 Å². The normalized spacial score (nSPS) is 12.4. The van der Waals surface area contributed by atoms with E-state index in [1.54, 1.807) is 17.7 Å². The Bertz CT molecular complexity index is 701. The minimum absolute atomic E-state index is 0.310. The second-order valence-electron chi connectivity index (χ2n) is 4.88.